The van der Waals surface area contributed by atoms with Gasteiger partial charge in [0.1, 0.15) is 0 Å². The molecule has 0 saturated carbocycles. The zero-order valence-electron chi connectivity index (χ0n) is 8.94. The highest BCUT2D eigenvalue weighted by molar-refractivity contribution is 7.80. The van der Waals surface area contributed by atoms with Crippen molar-refractivity contribution in [3.05, 3.63) is 0 Å². The number of rotatable bonds is 3. The lowest BCUT2D eigenvalue weighted by molar-refractivity contribution is -0.870. The van der Waals surface area contributed by atoms with Gasteiger partial charge >= 0.3 is 10.4 Å². The van der Waals surface area contributed by atoms with E-state index in [-0.39, 0.29) is 0 Å². The fourth-order valence-corrected chi connectivity index (χ4v) is 0.671. The molecule has 0 bridgehead atoms. The first kappa shape index (κ1) is 15.3. The molecule has 0 aliphatic carbocycles. The van der Waals surface area contributed by atoms with Crippen LogP contribution in [-0.4, -0.2) is 52.3 Å². The molecule has 0 amide bonds. The molecule has 0 fully saturated rings. The lowest BCUT2D eigenvalue weighted by Gasteiger charge is -2.22. The molecule has 0 spiro atoms. The SMILES string of the molecule is CCC[N+](C)(C)C.COS(=O)(=O)O. The summed E-state index contributed by atoms with van der Waals surface area (Å²) in [6, 6.07) is 0. The molecule has 82 valence electrons. The van der Waals surface area contributed by atoms with Gasteiger partial charge < -0.3 is 4.48 Å². The van der Waals surface area contributed by atoms with E-state index in [1.807, 2.05) is 0 Å². The van der Waals surface area contributed by atoms with Gasteiger partial charge in [-0.2, -0.15) is 8.42 Å². The van der Waals surface area contributed by atoms with Crippen LogP contribution in [0.4, 0.5) is 0 Å². The normalized spacial score (nSPS) is 11.8. The topological polar surface area (TPSA) is 63.6 Å². The molecule has 0 rings (SSSR count). The van der Waals surface area contributed by atoms with E-state index in [9.17, 15) is 8.42 Å². The molecule has 0 aromatic carbocycles. The monoisotopic (exact) mass is 214 g/mol. The molecular formula is C7H20NO4S+. The van der Waals surface area contributed by atoms with Gasteiger partial charge in [0.15, 0.2) is 0 Å². The molecule has 1 N–H and O–H groups in total. The van der Waals surface area contributed by atoms with Crippen molar-refractivity contribution in [3.8, 4) is 0 Å². The fraction of sp³-hybridized carbons (Fsp3) is 1.00. The second kappa shape index (κ2) is 6.31. The minimum absolute atomic E-state index is 0.870. The van der Waals surface area contributed by atoms with Crippen molar-refractivity contribution >= 4 is 10.4 Å². The Morgan fingerprint density at radius 2 is 1.62 bits per heavy atom. The van der Waals surface area contributed by atoms with Crippen LogP contribution >= 0.6 is 0 Å². The van der Waals surface area contributed by atoms with Gasteiger partial charge in [-0.25, -0.2) is 0 Å². The molecule has 0 radical (unpaired) electrons. The van der Waals surface area contributed by atoms with Gasteiger partial charge in [-0.05, 0) is 6.42 Å². The summed E-state index contributed by atoms with van der Waals surface area (Å²) in [6.45, 7) is 3.49. The van der Waals surface area contributed by atoms with Crippen molar-refractivity contribution in [2.24, 2.45) is 0 Å². The Bertz CT molecular complexity index is 205. The van der Waals surface area contributed by atoms with Crippen molar-refractivity contribution in [2.75, 3.05) is 34.8 Å². The van der Waals surface area contributed by atoms with Crippen LogP contribution in [0.25, 0.3) is 0 Å². The van der Waals surface area contributed by atoms with E-state index < -0.39 is 10.4 Å². The first-order valence-corrected chi connectivity index (χ1v) is 5.32. The molecular weight excluding hydrogens is 194 g/mol. The van der Waals surface area contributed by atoms with Crippen LogP contribution in [-0.2, 0) is 14.6 Å². The van der Waals surface area contributed by atoms with Crippen LogP contribution in [0.3, 0.4) is 0 Å². The van der Waals surface area contributed by atoms with Crippen molar-refractivity contribution in [1.82, 2.24) is 0 Å². The van der Waals surface area contributed by atoms with Crippen LogP contribution in [0.1, 0.15) is 13.3 Å². The summed E-state index contributed by atoms with van der Waals surface area (Å²) in [4.78, 5) is 0. The second-order valence-electron chi connectivity index (χ2n) is 3.61. The summed E-state index contributed by atoms with van der Waals surface area (Å²) in [7, 11) is 3.34. The smallest absolute Gasteiger partial charge is 0.331 e. The van der Waals surface area contributed by atoms with Gasteiger partial charge in [0, 0.05) is 0 Å². The highest BCUT2D eigenvalue weighted by Gasteiger charge is 2.01. The van der Waals surface area contributed by atoms with Crippen molar-refractivity contribution in [1.29, 1.82) is 0 Å². The van der Waals surface area contributed by atoms with Crippen LogP contribution in [0.15, 0.2) is 0 Å². The summed E-state index contributed by atoms with van der Waals surface area (Å²) in [5, 5.41) is 0. The van der Waals surface area contributed by atoms with Gasteiger partial charge in [0.2, 0.25) is 0 Å². The van der Waals surface area contributed by atoms with E-state index in [1.54, 1.807) is 0 Å². The average Bonchev–Trinajstić information content (AvgIpc) is 1.84. The minimum Gasteiger partial charge on any atom is -0.331 e. The highest BCUT2D eigenvalue weighted by Crippen LogP contribution is 1.90. The molecule has 0 unspecified atom stereocenters. The molecule has 13 heavy (non-hydrogen) atoms. The summed E-state index contributed by atoms with van der Waals surface area (Å²) < 4.78 is 30.8. The maximum atomic E-state index is 9.33. The minimum atomic E-state index is -4.16. The Morgan fingerprint density at radius 3 is 1.62 bits per heavy atom. The molecule has 0 aromatic heterocycles. The predicted molar refractivity (Wildman–Crippen MR) is 51.7 cm³/mol. The Hall–Kier alpha value is -0.170. The largest absolute Gasteiger partial charge is 0.397 e. The predicted octanol–water partition coefficient (Wildman–Crippen LogP) is 0.538. The summed E-state index contributed by atoms with van der Waals surface area (Å²) in [5.41, 5.74) is 0. The Labute approximate surface area is 80.9 Å². The van der Waals surface area contributed by atoms with E-state index in [4.69, 9.17) is 4.55 Å². The zero-order chi connectivity index (χ0) is 11.1. The zero-order valence-corrected chi connectivity index (χ0v) is 9.76. The van der Waals surface area contributed by atoms with Gasteiger partial charge in [-0.1, -0.05) is 6.92 Å². The molecule has 5 nitrogen and oxygen atoms in total. The van der Waals surface area contributed by atoms with Crippen molar-refractivity contribution < 1.29 is 21.6 Å². The van der Waals surface area contributed by atoms with Crippen LogP contribution in [0, 0.1) is 0 Å². The highest BCUT2D eigenvalue weighted by atomic mass is 32.3. The van der Waals surface area contributed by atoms with Gasteiger partial charge in [0.25, 0.3) is 0 Å². The van der Waals surface area contributed by atoms with Crippen LogP contribution < -0.4 is 0 Å². The lowest BCUT2D eigenvalue weighted by Crippen LogP contribution is -2.34. The molecule has 0 atom stereocenters. The van der Waals surface area contributed by atoms with Crippen LogP contribution in [0.5, 0.6) is 0 Å². The Kier molecular flexibility index (Phi) is 7.43. The summed E-state index contributed by atoms with van der Waals surface area (Å²) >= 11 is 0. The van der Waals surface area contributed by atoms with Crippen molar-refractivity contribution in [3.63, 3.8) is 0 Å². The first-order chi connectivity index (χ1) is 5.62. The van der Waals surface area contributed by atoms with E-state index >= 15 is 0 Å². The molecule has 0 aromatic rings. The standard InChI is InChI=1S/C6H16N.CH4O4S/c1-5-6-7(2,3)4;1-5-6(2,3)4/h5-6H2,1-4H3;1H3,(H,2,3,4)/q+1;. The van der Waals surface area contributed by atoms with Gasteiger partial charge in [-0.3, -0.25) is 8.74 Å². The maximum absolute atomic E-state index is 9.33. The second-order valence-corrected chi connectivity index (χ2v) is 4.80. The lowest BCUT2D eigenvalue weighted by atomic mass is 10.4. The van der Waals surface area contributed by atoms with Crippen molar-refractivity contribution in [2.45, 2.75) is 13.3 Å². The molecule has 0 aliphatic heterocycles. The van der Waals surface area contributed by atoms with E-state index in [0.29, 0.717) is 0 Å². The summed E-state index contributed by atoms with van der Waals surface area (Å²) in [6.07, 6.45) is 1.28. The average molecular weight is 214 g/mol. The summed E-state index contributed by atoms with van der Waals surface area (Å²) in [5.74, 6) is 0. The molecule has 0 saturated heterocycles. The number of quaternary nitrogens is 1. The molecule has 6 heteroatoms. The fourth-order valence-electron chi connectivity index (χ4n) is 0.671. The Morgan fingerprint density at radius 1 is 1.31 bits per heavy atom. The number of nitrogens with zero attached hydrogens (tertiary/aromatic N) is 1. The first-order valence-electron chi connectivity index (χ1n) is 3.96. The Balaban J connectivity index is 0. The van der Waals surface area contributed by atoms with E-state index in [1.165, 1.54) is 13.0 Å². The van der Waals surface area contributed by atoms with Gasteiger partial charge in [-0.15, -0.1) is 0 Å². The third-order valence-corrected chi connectivity index (χ3v) is 1.53. The van der Waals surface area contributed by atoms with Gasteiger partial charge in [0.05, 0.1) is 34.8 Å². The number of hydrogen-bond donors (Lipinski definition) is 1. The maximum Gasteiger partial charge on any atom is 0.397 e. The number of hydrogen-bond acceptors (Lipinski definition) is 3. The van der Waals surface area contributed by atoms with E-state index in [2.05, 4.69) is 32.2 Å². The quantitative estimate of drug-likeness (QED) is 0.550. The third kappa shape index (κ3) is 24.5. The molecule has 0 heterocycles. The molecule has 0 aliphatic rings. The third-order valence-electron chi connectivity index (χ3n) is 1.11. The van der Waals surface area contributed by atoms with E-state index in [0.717, 1.165) is 11.6 Å². The van der Waals surface area contributed by atoms with Crippen LogP contribution in [0.2, 0.25) is 0 Å².